The Balaban J connectivity index is 1.68. The van der Waals surface area contributed by atoms with Crippen LogP contribution in [0.5, 0.6) is 0 Å². The van der Waals surface area contributed by atoms with Crippen molar-refractivity contribution in [2.45, 2.75) is 51.5 Å². The second-order valence-corrected chi connectivity index (χ2v) is 6.19. The van der Waals surface area contributed by atoms with Crippen LogP contribution in [0.15, 0.2) is 24.3 Å². The zero-order valence-corrected chi connectivity index (χ0v) is 10.8. The lowest BCUT2D eigenvalue weighted by Gasteiger charge is -2.40. The molecule has 0 amide bonds. The van der Waals surface area contributed by atoms with Crippen molar-refractivity contribution in [3.05, 3.63) is 35.4 Å². The molecule has 1 N–H and O–H groups in total. The number of benzene rings is 1. The summed E-state index contributed by atoms with van der Waals surface area (Å²) in [6.45, 7) is 3.63. The van der Waals surface area contributed by atoms with Crippen LogP contribution >= 0.6 is 0 Å². The fourth-order valence-corrected chi connectivity index (χ4v) is 3.29. The van der Waals surface area contributed by atoms with Crippen LogP contribution in [0.3, 0.4) is 0 Å². The van der Waals surface area contributed by atoms with E-state index in [0.717, 1.165) is 0 Å². The van der Waals surface area contributed by atoms with Crippen LogP contribution in [-0.4, -0.2) is 6.54 Å². The summed E-state index contributed by atoms with van der Waals surface area (Å²) >= 11 is 0. The van der Waals surface area contributed by atoms with Gasteiger partial charge in [-0.2, -0.15) is 0 Å². The van der Waals surface area contributed by atoms with Gasteiger partial charge in [-0.3, -0.25) is 0 Å². The minimum absolute atomic E-state index is 0.590. The van der Waals surface area contributed by atoms with Crippen molar-refractivity contribution in [2.24, 2.45) is 5.41 Å². The van der Waals surface area contributed by atoms with Crippen LogP contribution in [0.2, 0.25) is 0 Å². The molecule has 3 rings (SSSR count). The summed E-state index contributed by atoms with van der Waals surface area (Å²) in [6, 6.07) is 9.58. The molecule has 2 aliphatic carbocycles. The van der Waals surface area contributed by atoms with E-state index in [4.69, 9.17) is 0 Å². The first-order valence-corrected chi connectivity index (χ1v) is 7.08. The van der Waals surface area contributed by atoms with E-state index >= 15 is 0 Å². The van der Waals surface area contributed by atoms with Crippen molar-refractivity contribution >= 4 is 0 Å². The van der Waals surface area contributed by atoms with Gasteiger partial charge in [-0.1, -0.05) is 37.6 Å². The zero-order valence-electron chi connectivity index (χ0n) is 10.8. The number of hydrogen-bond donors (Lipinski definition) is 1. The van der Waals surface area contributed by atoms with E-state index in [1.807, 2.05) is 0 Å². The monoisotopic (exact) mass is 229 g/mol. The first kappa shape index (κ1) is 11.3. The van der Waals surface area contributed by atoms with Crippen LogP contribution in [0, 0.1) is 5.41 Å². The second kappa shape index (κ2) is 4.45. The summed E-state index contributed by atoms with van der Waals surface area (Å²) < 4.78 is 0. The molecule has 0 heterocycles. The smallest absolute Gasteiger partial charge is 0.0323 e. The highest BCUT2D eigenvalue weighted by molar-refractivity contribution is 5.32. The third-order valence-electron chi connectivity index (χ3n) is 4.71. The van der Waals surface area contributed by atoms with Gasteiger partial charge in [0.05, 0.1) is 0 Å². The lowest BCUT2D eigenvalue weighted by atomic mass is 9.70. The molecule has 0 aromatic heterocycles. The predicted octanol–water partition coefficient (Wildman–Crippen LogP) is 3.84. The van der Waals surface area contributed by atoms with E-state index in [2.05, 4.69) is 36.5 Å². The molecule has 2 aliphatic rings. The zero-order chi connectivity index (χ0) is 11.7. The number of aryl methyl sites for hydroxylation is 1. The molecule has 0 saturated heterocycles. The first-order chi connectivity index (χ1) is 8.27. The van der Waals surface area contributed by atoms with Crippen LogP contribution in [0.25, 0.3) is 0 Å². The Kier molecular flexibility index (Phi) is 2.96. The maximum Gasteiger partial charge on any atom is 0.0323 e. The molecule has 1 fully saturated rings. The highest BCUT2D eigenvalue weighted by Gasteiger charge is 2.32. The molecule has 1 atom stereocenters. The first-order valence-electron chi connectivity index (χ1n) is 7.08. The molecule has 1 saturated carbocycles. The Hall–Kier alpha value is -0.820. The number of nitrogens with one attached hydrogen (secondary N) is 1. The van der Waals surface area contributed by atoms with Gasteiger partial charge in [0.15, 0.2) is 0 Å². The molecule has 0 aliphatic heterocycles. The van der Waals surface area contributed by atoms with Gasteiger partial charge in [-0.25, -0.2) is 0 Å². The van der Waals surface area contributed by atoms with Crippen LogP contribution in [0.4, 0.5) is 0 Å². The average molecular weight is 229 g/mol. The molecule has 1 unspecified atom stereocenters. The normalized spacial score (nSPS) is 26.1. The summed E-state index contributed by atoms with van der Waals surface area (Å²) in [4.78, 5) is 0. The van der Waals surface area contributed by atoms with E-state index in [9.17, 15) is 0 Å². The molecular weight excluding hydrogens is 206 g/mol. The van der Waals surface area contributed by atoms with Crippen LogP contribution < -0.4 is 5.32 Å². The quantitative estimate of drug-likeness (QED) is 0.830. The lowest BCUT2D eigenvalue weighted by Crippen LogP contribution is -2.39. The summed E-state index contributed by atoms with van der Waals surface area (Å²) in [7, 11) is 0. The highest BCUT2D eigenvalue weighted by atomic mass is 14.9. The van der Waals surface area contributed by atoms with Crippen molar-refractivity contribution in [1.29, 1.82) is 0 Å². The minimum atomic E-state index is 0.590. The van der Waals surface area contributed by atoms with E-state index in [0.29, 0.717) is 11.5 Å². The minimum Gasteiger partial charge on any atom is -0.309 e. The fraction of sp³-hybridized carbons (Fsp3) is 0.625. The maximum absolute atomic E-state index is 3.82. The van der Waals surface area contributed by atoms with Gasteiger partial charge in [0.2, 0.25) is 0 Å². The van der Waals surface area contributed by atoms with Crippen molar-refractivity contribution in [3.8, 4) is 0 Å². The molecule has 0 spiro atoms. The fourth-order valence-electron chi connectivity index (χ4n) is 3.29. The molecule has 92 valence electrons. The summed E-state index contributed by atoms with van der Waals surface area (Å²) in [6.07, 6.45) is 8.17. The lowest BCUT2D eigenvalue weighted by molar-refractivity contribution is 0.149. The Morgan fingerprint density at radius 1 is 1.24 bits per heavy atom. The van der Waals surface area contributed by atoms with Gasteiger partial charge in [-0.05, 0) is 48.6 Å². The van der Waals surface area contributed by atoms with Gasteiger partial charge in [0, 0.05) is 12.6 Å². The third-order valence-corrected chi connectivity index (χ3v) is 4.71. The van der Waals surface area contributed by atoms with Gasteiger partial charge in [0.1, 0.15) is 0 Å². The number of rotatable bonds is 3. The van der Waals surface area contributed by atoms with Crippen molar-refractivity contribution in [3.63, 3.8) is 0 Å². The molecular formula is C16H23N. The molecule has 1 nitrogen and oxygen atoms in total. The van der Waals surface area contributed by atoms with Gasteiger partial charge < -0.3 is 5.32 Å². The summed E-state index contributed by atoms with van der Waals surface area (Å²) in [5.41, 5.74) is 3.71. The predicted molar refractivity (Wildman–Crippen MR) is 72.1 cm³/mol. The molecule has 17 heavy (non-hydrogen) atoms. The van der Waals surface area contributed by atoms with E-state index in [-0.39, 0.29) is 0 Å². The third kappa shape index (κ3) is 2.26. The molecule has 0 bridgehead atoms. The Bertz CT molecular complexity index is 392. The number of hydrogen-bond acceptors (Lipinski definition) is 1. The summed E-state index contributed by atoms with van der Waals surface area (Å²) in [5, 5.41) is 3.82. The van der Waals surface area contributed by atoms with Gasteiger partial charge in [-0.15, -0.1) is 0 Å². The molecule has 1 aromatic rings. The van der Waals surface area contributed by atoms with E-state index in [1.165, 1.54) is 45.1 Å². The standard InChI is InChI=1S/C16H23N/c1-16(10-5-11-16)12-17-15-9-4-7-13-6-2-3-8-14(13)15/h2-3,6,8,15,17H,4-5,7,9-12H2,1H3. The molecule has 0 radical (unpaired) electrons. The summed E-state index contributed by atoms with van der Waals surface area (Å²) in [5.74, 6) is 0. The van der Waals surface area contributed by atoms with E-state index < -0.39 is 0 Å². The van der Waals surface area contributed by atoms with Crippen molar-refractivity contribution in [1.82, 2.24) is 5.32 Å². The largest absolute Gasteiger partial charge is 0.309 e. The second-order valence-electron chi connectivity index (χ2n) is 6.19. The SMILES string of the molecule is CC1(CNC2CCCc3ccccc32)CCC1. The van der Waals surface area contributed by atoms with Crippen molar-refractivity contribution < 1.29 is 0 Å². The Morgan fingerprint density at radius 3 is 2.82 bits per heavy atom. The average Bonchev–Trinajstić information content (AvgIpc) is 2.34. The van der Waals surface area contributed by atoms with Crippen LogP contribution in [-0.2, 0) is 6.42 Å². The van der Waals surface area contributed by atoms with E-state index in [1.54, 1.807) is 11.1 Å². The Morgan fingerprint density at radius 2 is 2.06 bits per heavy atom. The Labute approximate surface area is 105 Å². The molecule has 1 aromatic carbocycles. The van der Waals surface area contributed by atoms with Gasteiger partial charge in [0.25, 0.3) is 0 Å². The number of fused-ring (bicyclic) bond motifs is 1. The molecule has 1 heteroatoms. The van der Waals surface area contributed by atoms with Crippen molar-refractivity contribution in [2.75, 3.05) is 6.54 Å². The van der Waals surface area contributed by atoms with Crippen LogP contribution in [0.1, 0.15) is 56.2 Å². The highest BCUT2D eigenvalue weighted by Crippen LogP contribution is 2.40. The topological polar surface area (TPSA) is 12.0 Å². The van der Waals surface area contributed by atoms with Gasteiger partial charge >= 0.3 is 0 Å². The maximum atomic E-state index is 3.82.